The van der Waals surface area contributed by atoms with Crippen molar-refractivity contribution in [3.8, 4) is 0 Å². The van der Waals surface area contributed by atoms with E-state index < -0.39 is 0 Å². The van der Waals surface area contributed by atoms with Gasteiger partial charge in [0.2, 0.25) is 0 Å². The van der Waals surface area contributed by atoms with Crippen molar-refractivity contribution in [2.24, 2.45) is 0 Å². The molecule has 2 rings (SSSR count). The zero-order valence-electron chi connectivity index (χ0n) is 11.2. The molecule has 0 aliphatic rings. The molecule has 2 aromatic carbocycles. The van der Waals surface area contributed by atoms with Gasteiger partial charge >= 0.3 is 0 Å². The predicted octanol–water partition coefficient (Wildman–Crippen LogP) is 4.62. The standard InChI is InChI=1S/C16H16BrF2N/c1-2-20-15(10-11-6-3-4-8-13(11)18)12-7-5-9-14(19)16(12)17/h3-9,15,20H,2,10H2,1H3. The van der Waals surface area contributed by atoms with E-state index in [0.717, 1.165) is 12.1 Å². The molecule has 1 nitrogen and oxygen atoms in total. The maximum Gasteiger partial charge on any atom is 0.137 e. The highest BCUT2D eigenvalue weighted by atomic mass is 79.9. The molecule has 0 spiro atoms. The second-order valence-corrected chi connectivity index (χ2v) is 5.34. The number of halogens is 3. The maximum atomic E-state index is 13.8. The highest BCUT2D eigenvalue weighted by Gasteiger charge is 2.17. The zero-order chi connectivity index (χ0) is 14.5. The van der Waals surface area contributed by atoms with E-state index in [1.807, 2.05) is 19.1 Å². The molecule has 20 heavy (non-hydrogen) atoms. The normalized spacial score (nSPS) is 12.4. The van der Waals surface area contributed by atoms with Crippen molar-refractivity contribution >= 4 is 15.9 Å². The predicted molar refractivity (Wildman–Crippen MR) is 80.6 cm³/mol. The first-order chi connectivity index (χ1) is 9.63. The van der Waals surface area contributed by atoms with Crippen LogP contribution in [0.4, 0.5) is 8.78 Å². The fourth-order valence-electron chi connectivity index (χ4n) is 2.21. The van der Waals surface area contributed by atoms with Crippen LogP contribution in [0.1, 0.15) is 24.1 Å². The molecule has 0 radical (unpaired) electrons. The summed E-state index contributed by atoms with van der Waals surface area (Å²) in [5.41, 5.74) is 1.42. The molecule has 0 aromatic heterocycles. The SMILES string of the molecule is CCNC(Cc1ccccc1F)c1cccc(F)c1Br. The van der Waals surface area contributed by atoms with Gasteiger partial charge in [0.1, 0.15) is 11.6 Å². The summed E-state index contributed by atoms with van der Waals surface area (Å²) in [6, 6.07) is 11.5. The first-order valence-electron chi connectivity index (χ1n) is 6.54. The van der Waals surface area contributed by atoms with Gasteiger partial charge in [0.25, 0.3) is 0 Å². The van der Waals surface area contributed by atoms with Crippen molar-refractivity contribution in [3.63, 3.8) is 0 Å². The van der Waals surface area contributed by atoms with Gasteiger partial charge in [-0.3, -0.25) is 0 Å². The second kappa shape index (κ2) is 6.95. The number of hydrogen-bond acceptors (Lipinski definition) is 1. The van der Waals surface area contributed by atoms with Crippen LogP contribution in [-0.4, -0.2) is 6.54 Å². The smallest absolute Gasteiger partial charge is 0.137 e. The molecule has 2 aromatic rings. The van der Waals surface area contributed by atoms with E-state index in [1.54, 1.807) is 18.2 Å². The summed E-state index contributed by atoms with van der Waals surface area (Å²) in [6.45, 7) is 2.70. The van der Waals surface area contributed by atoms with Crippen LogP contribution in [0.25, 0.3) is 0 Å². The number of hydrogen-bond donors (Lipinski definition) is 1. The average molecular weight is 340 g/mol. The molecule has 106 valence electrons. The molecular formula is C16H16BrF2N. The summed E-state index contributed by atoms with van der Waals surface area (Å²) >= 11 is 3.27. The van der Waals surface area contributed by atoms with Crippen molar-refractivity contribution in [2.45, 2.75) is 19.4 Å². The molecule has 0 saturated carbocycles. The van der Waals surface area contributed by atoms with E-state index in [4.69, 9.17) is 0 Å². The molecule has 1 N–H and O–H groups in total. The van der Waals surface area contributed by atoms with Crippen LogP contribution in [0.15, 0.2) is 46.9 Å². The van der Waals surface area contributed by atoms with Crippen molar-refractivity contribution in [2.75, 3.05) is 6.54 Å². The highest BCUT2D eigenvalue weighted by molar-refractivity contribution is 9.10. The third kappa shape index (κ3) is 3.44. The van der Waals surface area contributed by atoms with E-state index in [2.05, 4.69) is 21.2 Å². The van der Waals surface area contributed by atoms with Crippen LogP contribution in [0, 0.1) is 11.6 Å². The number of nitrogens with one attached hydrogen (secondary N) is 1. The Morgan fingerprint density at radius 1 is 1.05 bits per heavy atom. The van der Waals surface area contributed by atoms with Crippen LogP contribution in [0.5, 0.6) is 0 Å². The van der Waals surface area contributed by atoms with Gasteiger partial charge in [-0.05, 0) is 52.2 Å². The summed E-state index contributed by atoms with van der Waals surface area (Å²) in [5, 5.41) is 3.28. The van der Waals surface area contributed by atoms with Gasteiger partial charge in [-0.1, -0.05) is 37.3 Å². The largest absolute Gasteiger partial charge is 0.310 e. The highest BCUT2D eigenvalue weighted by Crippen LogP contribution is 2.28. The molecule has 0 heterocycles. The number of likely N-dealkylation sites (N-methyl/N-ethyl adjacent to an activating group) is 1. The van der Waals surface area contributed by atoms with Crippen molar-refractivity contribution in [1.29, 1.82) is 0 Å². The Kier molecular flexibility index (Phi) is 5.26. The van der Waals surface area contributed by atoms with Crippen LogP contribution in [0.3, 0.4) is 0 Å². The lowest BCUT2D eigenvalue weighted by Gasteiger charge is -2.20. The van der Waals surface area contributed by atoms with E-state index in [0.29, 0.717) is 16.5 Å². The van der Waals surface area contributed by atoms with E-state index in [9.17, 15) is 8.78 Å². The van der Waals surface area contributed by atoms with Crippen molar-refractivity contribution < 1.29 is 8.78 Å². The minimum absolute atomic E-state index is 0.137. The lowest BCUT2D eigenvalue weighted by molar-refractivity contribution is 0.521. The molecule has 0 aliphatic carbocycles. The molecule has 4 heteroatoms. The summed E-state index contributed by atoms with van der Waals surface area (Å²) in [6.07, 6.45) is 0.475. The van der Waals surface area contributed by atoms with E-state index in [-0.39, 0.29) is 17.7 Å². The summed E-state index contributed by atoms with van der Waals surface area (Å²) in [7, 11) is 0. The third-order valence-corrected chi connectivity index (χ3v) is 4.03. The Morgan fingerprint density at radius 3 is 2.45 bits per heavy atom. The monoisotopic (exact) mass is 339 g/mol. The van der Waals surface area contributed by atoms with Gasteiger partial charge in [0.05, 0.1) is 4.47 Å². The van der Waals surface area contributed by atoms with Gasteiger partial charge in [-0.15, -0.1) is 0 Å². The third-order valence-electron chi connectivity index (χ3n) is 3.19. The molecule has 1 unspecified atom stereocenters. The topological polar surface area (TPSA) is 12.0 Å². The molecule has 0 saturated heterocycles. The summed E-state index contributed by atoms with van der Waals surface area (Å²) in [5.74, 6) is -0.540. The molecule has 0 aliphatic heterocycles. The van der Waals surface area contributed by atoms with Gasteiger partial charge in [-0.2, -0.15) is 0 Å². The molecule has 0 amide bonds. The van der Waals surface area contributed by atoms with E-state index in [1.165, 1.54) is 12.1 Å². The molecule has 1 atom stereocenters. The van der Waals surface area contributed by atoms with E-state index >= 15 is 0 Å². The van der Waals surface area contributed by atoms with Gasteiger partial charge in [0.15, 0.2) is 0 Å². The zero-order valence-corrected chi connectivity index (χ0v) is 12.8. The molecule has 0 fully saturated rings. The van der Waals surface area contributed by atoms with Crippen molar-refractivity contribution in [3.05, 3.63) is 69.7 Å². The molecule has 0 bridgehead atoms. The average Bonchev–Trinajstić information content (AvgIpc) is 2.44. The minimum atomic E-state index is -0.307. The minimum Gasteiger partial charge on any atom is -0.310 e. The van der Waals surface area contributed by atoms with Gasteiger partial charge < -0.3 is 5.32 Å². The van der Waals surface area contributed by atoms with Gasteiger partial charge in [-0.25, -0.2) is 8.78 Å². The Balaban J connectivity index is 2.32. The Bertz CT molecular complexity index is 586. The quantitative estimate of drug-likeness (QED) is 0.837. The van der Waals surface area contributed by atoms with Gasteiger partial charge in [0, 0.05) is 6.04 Å². The first-order valence-corrected chi connectivity index (χ1v) is 7.33. The van der Waals surface area contributed by atoms with Crippen LogP contribution in [0.2, 0.25) is 0 Å². The summed E-state index contributed by atoms with van der Waals surface area (Å²) < 4.78 is 27.9. The number of benzene rings is 2. The lowest BCUT2D eigenvalue weighted by Crippen LogP contribution is -2.24. The fourth-order valence-corrected chi connectivity index (χ4v) is 2.75. The first kappa shape index (κ1) is 15.1. The molecular weight excluding hydrogens is 324 g/mol. The lowest BCUT2D eigenvalue weighted by atomic mass is 9.98. The van der Waals surface area contributed by atoms with Crippen LogP contribution in [-0.2, 0) is 6.42 Å². The second-order valence-electron chi connectivity index (χ2n) is 4.55. The van der Waals surface area contributed by atoms with Crippen molar-refractivity contribution in [1.82, 2.24) is 5.32 Å². The Labute approximate surface area is 126 Å². The fraction of sp³-hybridized carbons (Fsp3) is 0.250. The summed E-state index contributed by atoms with van der Waals surface area (Å²) in [4.78, 5) is 0. The van der Waals surface area contributed by atoms with Crippen LogP contribution >= 0.6 is 15.9 Å². The number of rotatable bonds is 5. The Morgan fingerprint density at radius 2 is 1.75 bits per heavy atom. The van der Waals surface area contributed by atoms with Crippen LogP contribution < -0.4 is 5.32 Å². The Hall–Kier alpha value is -1.26. The maximum absolute atomic E-state index is 13.8.